The van der Waals surface area contributed by atoms with Gasteiger partial charge in [-0.05, 0) is 56.7 Å². The van der Waals surface area contributed by atoms with E-state index < -0.39 is 48.3 Å². The Labute approximate surface area is 342 Å². The summed E-state index contributed by atoms with van der Waals surface area (Å²) < 4.78 is 12.0. The van der Waals surface area contributed by atoms with Crippen LogP contribution in [0.25, 0.3) is 0 Å². The quantitative estimate of drug-likeness (QED) is 0.115. The lowest BCUT2D eigenvalue weighted by Gasteiger charge is -2.41. The van der Waals surface area contributed by atoms with Crippen molar-refractivity contribution in [2.45, 2.75) is 129 Å². The van der Waals surface area contributed by atoms with Crippen LogP contribution < -0.4 is 16.0 Å². The van der Waals surface area contributed by atoms with E-state index in [0.29, 0.717) is 19.4 Å². The molecule has 9 atom stereocenters. The summed E-state index contributed by atoms with van der Waals surface area (Å²) in [5.74, 6) is -2.25. The molecule has 0 aromatic heterocycles. The number of carbonyl (C=O) groups is 5. The van der Waals surface area contributed by atoms with Gasteiger partial charge < -0.3 is 40.3 Å². The smallest absolute Gasteiger partial charge is 0.245 e. The Hall–Kier alpha value is -3.59. The fraction of sp³-hybridized carbons (Fsp3) is 0.744. The van der Waals surface area contributed by atoms with Crippen LogP contribution in [0, 0.1) is 23.7 Å². The zero-order chi connectivity index (χ0) is 43.0. The Bertz CT molecular complexity index is 1400. The SMILES string of the molecule is CC[C@H](C)[C@@H]([C@@H](CC(=O)N1CCC[C@H]1[C@H](OC)[C@@H](C)C(=O)N[C@@H](Cc1ccccc1)C(=O)NCCCO)OC)N(C)C(=O)[C@@H](NC(=O)[C@H](C(C)C)N(C)C)C(C)C. The lowest BCUT2D eigenvalue weighted by molar-refractivity contribution is -0.148. The molecule has 0 saturated carbocycles. The molecule has 57 heavy (non-hydrogen) atoms. The molecule has 0 unspecified atom stereocenters. The number of aliphatic hydroxyl groups excluding tert-OH is 1. The van der Waals surface area contributed by atoms with E-state index >= 15 is 0 Å². The molecule has 14 nitrogen and oxygen atoms in total. The summed E-state index contributed by atoms with van der Waals surface area (Å²) >= 11 is 0. The second-order valence-corrected chi connectivity index (χ2v) is 16.6. The molecule has 0 spiro atoms. The molecule has 324 valence electrons. The van der Waals surface area contributed by atoms with Gasteiger partial charge in [0, 0.05) is 47.4 Å². The van der Waals surface area contributed by atoms with Gasteiger partial charge in [-0.2, -0.15) is 0 Å². The third kappa shape index (κ3) is 14.0. The number of methoxy groups -OCH3 is 2. The lowest BCUT2D eigenvalue weighted by atomic mass is 9.89. The van der Waals surface area contributed by atoms with E-state index in [0.717, 1.165) is 18.4 Å². The van der Waals surface area contributed by atoms with Gasteiger partial charge in [-0.3, -0.25) is 28.9 Å². The first-order valence-corrected chi connectivity index (χ1v) is 20.8. The van der Waals surface area contributed by atoms with Crippen LogP contribution in [-0.4, -0.2) is 147 Å². The predicted molar refractivity (Wildman–Crippen MR) is 222 cm³/mol. The van der Waals surface area contributed by atoms with Gasteiger partial charge in [-0.25, -0.2) is 0 Å². The molecule has 1 aromatic carbocycles. The van der Waals surface area contributed by atoms with Crippen molar-refractivity contribution in [3.63, 3.8) is 0 Å². The van der Waals surface area contributed by atoms with Crippen molar-refractivity contribution in [2.24, 2.45) is 23.7 Å². The second-order valence-electron chi connectivity index (χ2n) is 16.6. The molecule has 0 aliphatic carbocycles. The van der Waals surface area contributed by atoms with E-state index in [1.165, 1.54) is 7.11 Å². The number of ether oxygens (including phenoxy) is 2. The predicted octanol–water partition coefficient (Wildman–Crippen LogP) is 2.86. The van der Waals surface area contributed by atoms with Crippen molar-refractivity contribution in [2.75, 3.05) is 55.1 Å². The molecule has 1 aliphatic rings. The van der Waals surface area contributed by atoms with Crippen LogP contribution in [0.2, 0.25) is 0 Å². The highest BCUT2D eigenvalue weighted by Crippen LogP contribution is 2.30. The molecular formula is C43H74N6O8. The van der Waals surface area contributed by atoms with Gasteiger partial charge in [0.25, 0.3) is 0 Å². The third-order valence-electron chi connectivity index (χ3n) is 11.5. The first kappa shape index (κ1) is 49.6. The molecule has 1 saturated heterocycles. The maximum Gasteiger partial charge on any atom is 0.245 e. The normalized spacial score (nSPS) is 18.7. The zero-order valence-corrected chi connectivity index (χ0v) is 36.7. The lowest BCUT2D eigenvalue weighted by Crippen LogP contribution is -2.59. The Morgan fingerprint density at radius 1 is 0.895 bits per heavy atom. The molecule has 1 aliphatic heterocycles. The molecule has 1 fully saturated rings. The summed E-state index contributed by atoms with van der Waals surface area (Å²) in [6, 6.07) is 6.50. The highest BCUT2D eigenvalue weighted by molar-refractivity contribution is 5.90. The number of nitrogens with one attached hydrogen (secondary N) is 3. The molecule has 4 N–H and O–H groups in total. The number of hydrogen-bond acceptors (Lipinski definition) is 9. The van der Waals surface area contributed by atoms with Gasteiger partial charge in [0.15, 0.2) is 0 Å². The number of rotatable bonds is 24. The summed E-state index contributed by atoms with van der Waals surface area (Å²) in [6.45, 7) is 14.3. The molecular weight excluding hydrogens is 729 g/mol. The summed E-state index contributed by atoms with van der Waals surface area (Å²) in [5.41, 5.74) is 0.882. The van der Waals surface area contributed by atoms with Crippen molar-refractivity contribution in [1.29, 1.82) is 0 Å². The number of likely N-dealkylation sites (tertiary alicyclic amines) is 1. The fourth-order valence-corrected chi connectivity index (χ4v) is 8.19. The number of carbonyl (C=O) groups excluding carboxylic acids is 5. The van der Waals surface area contributed by atoms with Crippen LogP contribution in [0.5, 0.6) is 0 Å². The van der Waals surface area contributed by atoms with E-state index in [2.05, 4.69) is 16.0 Å². The topological polar surface area (TPSA) is 170 Å². The number of nitrogens with zero attached hydrogens (tertiary/aromatic N) is 3. The van der Waals surface area contributed by atoms with Crippen LogP contribution in [0.3, 0.4) is 0 Å². The van der Waals surface area contributed by atoms with E-state index in [1.807, 2.05) is 90.9 Å². The van der Waals surface area contributed by atoms with Crippen LogP contribution in [0.1, 0.15) is 86.1 Å². The maximum absolute atomic E-state index is 14.3. The first-order chi connectivity index (χ1) is 26.9. The minimum Gasteiger partial charge on any atom is -0.396 e. The first-order valence-electron chi connectivity index (χ1n) is 20.8. The minimum absolute atomic E-state index is 0.00143. The average Bonchev–Trinajstić information content (AvgIpc) is 3.65. The van der Waals surface area contributed by atoms with Crippen molar-refractivity contribution in [3.8, 4) is 0 Å². The summed E-state index contributed by atoms with van der Waals surface area (Å²) in [5, 5.41) is 18.0. The van der Waals surface area contributed by atoms with Gasteiger partial charge in [0.05, 0.1) is 42.7 Å². The number of aliphatic hydroxyl groups is 1. The monoisotopic (exact) mass is 803 g/mol. The van der Waals surface area contributed by atoms with E-state index in [1.54, 1.807) is 30.9 Å². The number of amides is 5. The van der Waals surface area contributed by atoms with Crippen LogP contribution in [-0.2, 0) is 39.9 Å². The van der Waals surface area contributed by atoms with Gasteiger partial charge in [-0.1, -0.05) is 85.2 Å². The fourth-order valence-electron chi connectivity index (χ4n) is 8.19. The van der Waals surface area contributed by atoms with Crippen LogP contribution >= 0.6 is 0 Å². The zero-order valence-electron chi connectivity index (χ0n) is 36.7. The molecule has 1 aromatic rings. The van der Waals surface area contributed by atoms with Crippen molar-refractivity contribution in [3.05, 3.63) is 35.9 Å². The van der Waals surface area contributed by atoms with Crippen LogP contribution in [0.15, 0.2) is 30.3 Å². The number of hydrogen-bond donors (Lipinski definition) is 4. The van der Waals surface area contributed by atoms with Crippen molar-refractivity contribution >= 4 is 29.5 Å². The Kier molecular flexibility index (Phi) is 21.2. The molecule has 1 heterocycles. The molecule has 0 radical (unpaired) electrons. The van der Waals surface area contributed by atoms with Gasteiger partial charge >= 0.3 is 0 Å². The Morgan fingerprint density at radius 3 is 2.07 bits per heavy atom. The van der Waals surface area contributed by atoms with E-state index in [4.69, 9.17) is 9.47 Å². The molecule has 0 bridgehead atoms. The van der Waals surface area contributed by atoms with Crippen LogP contribution in [0.4, 0.5) is 0 Å². The third-order valence-corrected chi connectivity index (χ3v) is 11.5. The maximum atomic E-state index is 14.3. The number of likely N-dealkylation sites (N-methyl/N-ethyl adjacent to an activating group) is 2. The summed E-state index contributed by atoms with van der Waals surface area (Å²) in [4.78, 5) is 74.3. The highest BCUT2D eigenvalue weighted by atomic mass is 16.5. The second kappa shape index (κ2) is 24.4. The molecule has 14 heteroatoms. The van der Waals surface area contributed by atoms with Gasteiger partial charge in [-0.15, -0.1) is 0 Å². The minimum atomic E-state index is -0.854. The number of benzene rings is 1. The Morgan fingerprint density at radius 2 is 1.54 bits per heavy atom. The van der Waals surface area contributed by atoms with E-state index in [9.17, 15) is 29.1 Å². The molecule has 2 rings (SSSR count). The standard InChI is InChI=1S/C43H74N6O8/c1-13-29(6)38(48(10)43(55)36(27(2)3)46-42(54)37(28(4)5)47(8)9)34(56-11)26-35(51)49-23-17-21-33(49)39(57-12)30(7)40(52)45-32(41(53)44-22-18-24-50)25-31-19-15-14-16-20-31/h14-16,19-20,27-30,32-34,36-39,50H,13,17-18,21-26H2,1-12H3,(H,44,53)(H,45,52)(H,46,54)/t29-,30+,32-,33-,34+,36-,37-,38-,39+/m0/s1. The summed E-state index contributed by atoms with van der Waals surface area (Å²) in [7, 11) is 8.50. The van der Waals surface area contributed by atoms with Crippen molar-refractivity contribution < 1.29 is 38.6 Å². The Balaban J connectivity index is 2.29. The van der Waals surface area contributed by atoms with Gasteiger partial charge in [0.2, 0.25) is 29.5 Å². The largest absolute Gasteiger partial charge is 0.396 e. The van der Waals surface area contributed by atoms with Gasteiger partial charge in [0.1, 0.15) is 12.1 Å². The van der Waals surface area contributed by atoms with Crippen molar-refractivity contribution in [1.82, 2.24) is 30.7 Å². The molecule has 5 amide bonds. The average molecular weight is 803 g/mol. The van der Waals surface area contributed by atoms with E-state index in [-0.39, 0.29) is 73.3 Å². The summed E-state index contributed by atoms with van der Waals surface area (Å²) in [6.07, 6.45) is 1.43. The highest BCUT2D eigenvalue weighted by Gasteiger charge is 2.43.